The Kier molecular flexibility index (Phi) is 6.68. The molecule has 0 fully saturated rings. The number of hydrogen-bond acceptors (Lipinski definition) is 4. The van der Waals surface area contributed by atoms with E-state index in [4.69, 9.17) is 16.9 Å². The first-order chi connectivity index (χ1) is 11.9. The number of anilines is 1. The number of aryl methyl sites for hydroxylation is 2. The monoisotopic (exact) mass is 374 g/mol. The van der Waals surface area contributed by atoms with E-state index in [1.807, 2.05) is 38.1 Å². The number of thioether (sulfide) groups is 1. The van der Waals surface area contributed by atoms with Crippen LogP contribution in [0.5, 0.6) is 0 Å². The van der Waals surface area contributed by atoms with E-state index in [-0.39, 0.29) is 11.2 Å². The maximum Gasteiger partial charge on any atom is 0.248 e. The molecule has 2 rings (SSSR count). The van der Waals surface area contributed by atoms with Crippen molar-refractivity contribution in [2.24, 2.45) is 7.05 Å². The molecule has 0 spiro atoms. The molecule has 0 saturated heterocycles. The number of nitrogens with one attached hydrogen (secondary N) is 1. The molecule has 1 unspecified atom stereocenters. The van der Waals surface area contributed by atoms with Crippen LogP contribution >= 0.6 is 23.4 Å². The van der Waals surface area contributed by atoms with E-state index in [1.54, 1.807) is 29.6 Å². The zero-order valence-electron chi connectivity index (χ0n) is 14.3. The van der Waals surface area contributed by atoms with Crippen molar-refractivity contribution in [1.82, 2.24) is 9.78 Å². The molecule has 2 aromatic rings. The SMILES string of the molecule is Cc1nn(C)c(Cl)c1/C=C/C(=O)Nc1ccccc1SC(C)CC#N. The molecule has 0 radical (unpaired) electrons. The van der Waals surface area contributed by atoms with E-state index in [0.29, 0.717) is 11.6 Å². The van der Waals surface area contributed by atoms with Crippen LogP contribution < -0.4 is 5.32 Å². The fourth-order valence-electron chi connectivity index (χ4n) is 2.23. The fraction of sp³-hybridized carbons (Fsp3) is 0.278. The third-order valence-corrected chi connectivity index (χ3v) is 5.08. The Morgan fingerprint density at radius 3 is 2.88 bits per heavy atom. The molecular formula is C18H19ClN4OS. The second kappa shape index (κ2) is 8.75. The summed E-state index contributed by atoms with van der Waals surface area (Å²) < 4.78 is 1.57. The van der Waals surface area contributed by atoms with Crippen LogP contribution in [0.4, 0.5) is 5.69 Å². The third kappa shape index (κ3) is 5.12. The Morgan fingerprint density at radius 2 is 2.24 bits per heavy atom. The average molecular weight is 375 g/mol. The molecular weight excluding hydrogens is 356 g/mol. The number of aromatic nitrogens is 2. The van der Waals surface area contributed by atoms with E-state index in [0.717, 1.165) is 21.8 Å². The van der Waals surface area contributed by atoms with Crippen LogP contribution in [0, 0.1) is 18.3 Å². The van der Waals surface area contributed by atoms with Crippen LogP contribution in [-0.4, -0.2) is 20.9 Å². The smallest absolute Gasteiger partial charge is 0.248 e. The number of carbonyl (C=O) groups excluding carboxylic acids is 1. The lowest BCUT2D eigenvalue weighted by molar-refractivity contribution is -0.111. The van der Waals surface area contributed by atoms with E-state index in [1.165, 1.54) is 6.08 Å². The first-order valence-electron chi connectivity index (χ1n) is 7.73. The average Bonchev–Trinajstić information content (AvgIpc) is 2.80. The number of nitrogens with zero attached hydrogens (tertiary/aromatic N) is 3. The van der Waals surface area contributed by atoms with Gasteiger partial charge in [0.25, 0.3) is 0 Å². The third-order valence-electron chi connectivity index (χ3n) is 3.45. The summed E-state index contributed by atoms with van der Waals surface area (Å²) in [5.74, 6) is -0.250. The summed E-state index contributed by atoms with van der Waals surface area (Å²) in [6.07, 6.45) is 3.55. The lowest BCUT2D eigenvalue weighted by Crippen LogP contribution is -2.09. The maximum atomic E-state index is 12.2. The van der Waals surface area contributed by atoms with Crippen molar-refractivity contribution >= 4 is 41.0 Å². The van der Waals surface area contributed by atoms with E-state index in [9.17, 15) is 4.79 Å². The van der Waals surface area contributed by atoms with Gasteiger partial charge in [-0.25, -0.2) is 0 Å². The Balaban J connectivity index is 2.10. The number of halogens is 1. The van der Waals surface area contributed by atoms with Crippen molar-refractivity contribution in [3.05, 3.63) is 46.8 Å². The molecule has 5 nitrogen and oxygen atoms in total. The Labute approximate surface area is 156 Å². The summed E-state index contributed by atoms with van der Waals surface area (Å²) in [7, 11) is 1.75. The van der Waals surface area contributed by atoms with Crippen molar-refractivity contribution in [3.63, 3.8) is 0 Å². The molecule has 0 saturated carbocycles. The van der Waals surface area contributed by atoms with Crippen LogP contribution in [0.2, 0.25) is 5.15 Å². The quantitative estimate of drug-likeness (QED) is 0.599. The second-order valence-corrected chi connectivity index (χ2v) is 7.36. The molecule has 0 aliphatic rings. The maximum absolute atomic E-state index is 12.2. The van der Waals surface area contributed by atoms with Gasteiger partial charge in [0.2, 0.25) is 5.91 Å². The molecule has 0 aliphatic carbocycles. The highest BCUT2D eigenvalue weighted by molar-refractivity contribution is 8.00. The first kappa shape index (κ1) is 19.1. The van der Waals surface area contributed by atoms with Gasteiger partial charge in [0, 0.05) is 35.3 Å². The predicted molar refractivity (Wildman–Crippen MR) is 103 cm³/mol. The fourth-order valence-corrected chi connectivity index (χ4v) is 3.46. The zero-order chi connectivity index (χ0) is 18.4. The molecule has 1 atom stereocenters. The van der Waals surface area contributed by atoms with Gasteiger partial charge in [-0.1, -0.05) is 30.7 Å². The lowest BCUT2D eigenvalue weighted by atomic mass is 10.2. The van der Waals surface area contributed by atoms with Crippen LogP contribution in [0.15, 0.2) is 35.2 Å². The molecule has 1 aromatic carbocycles. The summed E-state index contributed by atoms with van der Waals surface area (Å²) >= 11 is 7.72. The van der Waals surface area contributed by atoms with Gasteiger partial charge in [-0.05, 0) is 25.1 Å². The number of hydrogen-bond donors (Lipinski definition) is 1. The normalized spacial score (nSPS) is 12.1. The predicted octanol–water partition coefficient (Wildman–Crippen LogP) is 4.43. The molecule has 25 heavy (non-hydrogen) atoms. The van der Waals surface area contributed by atoms with E-state index in [2.05, 4.69) is 16.5 Å². The molecule has 1 amide bonds. The summed E-state index contributed by atoms with van der Waals surface area (Å²) in [6.45, 7) is 3.82. The highest BCUT2D eigenvalue weighted by Crippen LogP contribution is 2.31. The van der Waals surface area contributed by atoms with Crippen LogP contribution in [0.3, 0.4) is 0 Å². The molecule has 7 heteroatoms. The molecule has 1 aromatic heterocycles. The van der Waals surface area contributed by atoms with Crippen molar-refractivity contribution in [2.75, 3.05) is 5.32 Å². The topological polar surface area (TPSA) is 70.7 Å². The van der Waals surface area contributed by atoms with Crippen molar-refractivity contribution in [2.45, 2.75) is 30.4 Å². The van der Waals surface area contributed by atoms with Crippen LogP contribution in [0.1, 0.15) is 24.6 Å². The van der Waals surface area contributed by atoms with Gasteiger partial charge in [0.1, 0.15) is 5.15 Å². The van der Waals surface area contributed by atoms with Gasteiger partial charge in [0.15, 0.2) is 0 Å². The molecule has 1 N–H and O–H groups in total. The number of carbonyl (C=O) groups is 1. The van der Waals surface area contributed by atoms with Crippen molar-refractivity contribution in [1.29, 1.82) is 5.26 Å². The Bertz CT molecular complexity index is 838. The van der Waals surface area contributed by atoms with Crippen molar-refractivity contribution in [3.8, 4) is 6.07 Å². The lowest BCUT2D eigenvalue weighted by Gasteiger charge is -2.12. The summed E-state index contributed by atoms with van der Waals surface area (Å²) in [5.41, 5.74) is 2.21. The van der Waals surface area contributed by atoms with Gasteiger partial charge < -0.3 is 5.32 Å². The molecule has 0 bridgehead atoms. The highest BCUT2D eigenvalue weighted by Gasteiger charge is 2.11. The zero-order valence-corrected chi connectivity index (χ0v) is 15.9. The van der Waals surface area contributed by atoms with Gasteiger partial charge in [-0.15, -0.1) is 11.8 Å². The van der Waals surface area contributed by atoms with Gasteiger partial charge in [0.05, 0.1) is 17.5 Å². The Morgan fingerprint density at radius 1 is 1.52 bits per heavy atom. The molecule has 1 heterocycles. The number of amides is 1. The van der Waals surface area contributed by atoms with Crippen LogP contribution in [-0.2, 0) is 11.8 Å². The number of para-hydroxylation sites is 1. The number of benzene rings is 1. The summed E-state index contributed by atoms with van der Waals surface area (Å²) in [4.78, 5) is 13.2. The van der Waals surface area contributed by atoms with Crippen molar-refractivity contribution < 1.29 is 4.79 Å². The first-order valence-corrected chi connectivity index (χ1v) is 8.99. The standard InChI is InChI=1S/C18H19ClN4OS/c1-12(10-11-20)25-16-7-5-4-6-15(16)21-17(24)9-8-14-13(2)22-23(3)18(14)19/h4-9,12H,10H2,1-3H3,(H,21,24)/b9-8+. The molecule has 130 valence electrons. The van der Waals surface area contributed by atoms with Gasteiger partial charge in [-0.2, -0.15) is 10.4 Å². The number of rotatable bonds is 6. The Hall–Kier alpha value is -2.23. The summed E-state index contributed by atoms with van der Waals surface area (Å²) in [6, 6.07) is 9.70. The van der Waals surface area contributed by atoms with E-state index < -0.39 is 0 Å². The summed E-state index contributed by atoms with van der Waals surface area (Å²) in [5, 5.41) is 16.5. The molecule has 0 aliphatic heterocycles. The minimum Gasteiger partial charge on any atom is -0.321 e. The van der Waals surface area contributed by atoms with Gasteiger partial charge in [-0.3, -0.25) is 9.48 Å². The minimum atomic E-state index is -0.250. The highest BCUT2D eigenvalue weighted by atomic mass is 35.5. The second-order valence-electron chi connectivity index (χ2n) is 5.52. The van der Waals surface area contributed by atoms with E-state index >= 15 is 0 Å². The van der Waals surface area contributed by atoms with Crippen LogP contribution in [0.25, 0.3) is 6.08 Å². The largest absolute Gasteiger partial charge is 0.321 e. The number of nitriles is 1. The van der Waals surface area contributed by atoms with Gasteiger partial charge >= 0.3 is 0 Å². The minimum absolute atomic E-state index is 0.149.